The molecule has 1 atom stereocenters. The van der Waals surface area contributed by atoms with Gasteiger partial charge in [0.05, 0.1) is 11.1 Å². The first-order valence-electron chi connectivity index (χ1n) is 9.44. The molecule has 152 valence electrons. The number of fused-ring (bicyclic) bond motifs is 1. The van der Waals surface area contributed by atoms with E-state index in [1.807, 2.05) is 39.0 Å². The molecular weight excluding hydrogens is 382 g/mol. The summed E-state index contributed by atoms with van der Waals surface area (Å²) < 4.78 is 1.62. The van der Waals surface area contributed by atoms with Gasteiger partial charge in [0.25, 0.3) is 5.91 Å². The van der Waals surface area contributed by atoms with E-state index >= 15 is 0 Å². The van der Waals surface area contributed by atoms with E-state index < -0.39 is 12.0 Å². The minimum Gasteiger partial charge on any atom is -0.478 e. The summed E-state index contributed by atoms with van der Waals surface area (Å²) >= 11 is 0. The fraction of sp³-hybridized carbons (Fsp3) is 0.182. The van der Waals surface area contributed by atoms with Crippen molar-refractivity contribution in [3.63, 3.8) is 0 Å². The number of aryl methyl sites for hydroxylation is 2. The van der Waals surface area contributed by atoms with Gasteiger partial charge in [0, 0.05) is 11.4 Å². The second-order valence-corrected chi connectivity index (χ2v) is 7.29. The van der Waals surface area contributed by atoms with E-state index in [4.69, 9.17) is 0 Å². The molecule has 30 heavy (non-hydrogen) atoms. The van der Waals surface area contributed by atoms with Gasteiger partial charge in [0.1, 0.15) is 12.4 Å². The van der Waals surface area contributed by atoms with Crippen LogP contribution in [-0.2, 0) is 4.79 Å². The van der Waals surface area contributed by atoms with Crippen molar-refractivity contribution in [2.45, 2.75) is 26.8 Å². The van der Waals surface area contributed by atoms with Gasteiger partial charge < -0.3 is 15.7 Å². The Bertz CT molecular complexity index is 1180. The van der Waals surface area contributed by atoms with Gasteiger partial charge in [0.2, 0.25) is 5.95 Å². The standard InChI is InChI=1S/C22H21N5O3/c1-12-4-9-17(13(2)10-12)26-20(28)18-14(3)25-22-23-11-24-27(22)19(18)15-5-7-16(8-6-15)21(29)30/h4-11,19H,1-3H3,(H,26,28)(H,29,30)(H,23,24,25)/t19-/m1/s1. The maximum Gasteiger partial charge on any atom is 0.335 e. The third-order valence-corrected chi connectivity index (χ3v) is 5.14. The number of benzene rings is 2. The van der Waals surface area contributed by atoms with Crippen molar-refractivity contribution < 1.29 is 14.7 Å². The molecule has 0 spiro atoms. The maximum atomic E-state index is 13.3. The third-order valence-electron chi connectivity index (χ3n) is 5.14. The van der Waals surface area contributed by atoms with Gasteiger partial charge in [-0.05, 0) is 50.1 Å². The highest BCUT2D eigenvalue weighted by molar-refractivity contribution is 6.06. The lowest BCUT2D eigenvalue weighted by atomic mass is 9.94. The molecule has 0 bridgehead atoms. The highest BCUT2D eigenvalue weighted by Gasteiger charge is 2.33. The van der Waals surface area contributed by atoms with E-state index in [0.29, 0.717) is 17.2 Å². The number of amides is 1. The second-order valence-electron chi connectivity index (χ2n) is 7.29. The molecule has 1 aliphatic heterocycles. The molecule has 1 amide bonds. The Morgan fingerprint density at radius 2 is 1.83 bits per heavy atom. The van der Waals surface area contributed by atoms with Gasteiger partial charge in [-0.2, -0.15) is 10.1 Å². The fourth-order valence-electron chi connectivity index (χ4n) is 3.64. The largest absolute Gasteiger partial charge is 0.478 e. The number of carboxylic acids is 1. The summed E-state index contributed by atoms with van der Waals surface area (Å²) in [7, 11) is 0. The SMILES string of the molecule is CC1=C(C(=O)Nc2ccc(C)cc2C)[C@@H](c2ccc(C(=O)O)cc2)n2ncnc2N1. The van der Waals surface area contributed by atoms with Crippen molar-refractivity contribution in [1.82, 2.24) is 14.8 Å². The van der Waals surface area contributed by atoms with Crippen molar-refractivity contribution in [3.05, 3.63) is 82.3 Å². The number of aromatic carboxylic acids is 1. The smallest absolute Gasteiger partial charge is 0.335 e. The van der Waals surface area contributed by atoms with E-state index in [-0.39, 0.29) is 11.5 Å². The molecule has 4 rings (SSSR count). The Labute approximate surface area is 173 Å². The van der Waals surface area contributed by atoms with Crippen LogP contribution >= 0.6 is 0 Å². The summed E-state index contributed by atoms with van der Waals surface area (Å²) in [5.74, 6) is -0.754. The molecule has 0 unspecified atom stereocenters. The number of carboxylic acid groups (broad SMARTS) is 1. The van der Waals surface area contributed by atoms with Crippen molar-refractivity contribution in [3.8, 4) is 0 Å². The fourth-order valence-corrected chi connectivity index (χ4v) is 3.64. The zero-order valence-corrected chi connectivity index (χ0v) is 16.8. The maximum absolute atomic E-state index is 13.3. The number of carbonyl (C=O) groups is 2. The van der Waals surface area contributed by atoms with Crippen molar-refractivity contribution in [1.29, 1.82) is 0 Å². The molecule has 2 heterocycles. The summed E-state index contributed by atoms with van der Waals surface area (Å²) in [5.41, 5.74) is 4.86. The number of nitrogens with one attached hydrogen (secondary N) is 2. The van der Waals surface area contributed by atoms with Crippen LogP contribution in [0.3, 0.4) is 0 Å². The van der Waals surface area contributed by atoms with E-state index in [1.165, 1.54) is 18.5 Å². The molecule has 0 saturated carbocycles. The van der Waals surface area contributed by atoms with Gasteiger partial charge in [-0.3, -0.25) is 4.79 Å². The summed E-state index contributed by atoms with van der Waals surface area (Å²) in [6, 6.07) is 11.7. The highest BCUT2D eigenvalue weighted by atomic mass is 16.4. The Morgan fingerprint density at radius 1 is 1.10 bits per heavy atom. The van der Waals surface area contributed by atoms with E-state index in [2.05, 4.69) is 20.7 Å². The number of carbonyl (C=O) groups excluding carboxylic acids is 1. The number of allylic oxidation sites excluding steroid dienone is 1. The number of nitrogens with zero attached hydrogens (tertiary/aromatic N) is 3. The van der Waals surface area contributed by atoms with E-state index in [9.17, 15) is 14.7 Å². The molecule has 3 N–H and O–H groups in total. The molecule has 2 aromatic carbocycles. The summed E-state index contributed by atoms with van der Waals surface area (Å²) in [5, 5.41) is 19.6. The number of rotatable bonds is 4. The Morgan fingerprint density at radius 3 is 2.50 bits per heavy atom. The molecule has 3 aromatic rings. The van der Waals surface area contributed by atoms with Crippen LogP contribution < -0.4 is 10.6 Å². The minimum atomic E-state index is -1.01. The van der Waals surface area contributed by atoms with Gasteiger partial charge in [0.15, 0.2) is 0 Å². The topological polar surface area (TPSA) is 109 Å². The Hall–Kier alpha value is -3.94. The van der Waals surface area contributed by atoms with Crippen LogP contribution in [0.4, 0.5) is 11.6 Å². The van der Waals surface area contributed by atoms with Crippen LogP contribution in [0.5, 0.6) is 0 Å². The van der Waals surface area contributed by atoms with Crippen molar-refractivity contribution in [2.24, 2.45) is 0 Å². The first kappa shape index (κ1) is 19.4. The Balaban J connectivity index is 1.75. The zero-order valence-electron chi connectivity index (χ0n) is 16.8. The highest BCUT2D eigenvalue weighted by Crippen LogP contribution is 2.35. The van der Waals surface area contributed by atoms with E-state index in [1.54, 1.807) is 16.8 Å². The molecule has 0 aliphatic carbocycles. The molecule has 0 radical (unpaired) electrons. The van der Waals surface area contributed by atoms with Crippen LogP contribution in [-0.4, -0.2) is 31.7 Å². The first-order chi connectivity index (χ1) is 14.3. The molecule has 0 saturated heterocycles. The average Bonchev–Trinajstić information content (AvgIpc) is 3.17. The predicted molar refractivity (Wildman–Crippen MR) is 112 cm³/mol. The van der Waals surface area contributed by atoms with Crippen LogP contribution in [0.2, 0.25) is 0 Å². The first-order valence-corrected chi connectivity index (χ1v) is 9.44. The van der Waals surface area contributed by atoms with Crippen LogP contribution in [0, 0.1) is 13.8 Å². The number of aromatic nitrogens is 3. The molecule has 0 fully saturated rings. The Kier molecular flexibility index (Phi) is 4.83. The molecule has 8 nitrogen and oxygen atoms in total. The van der Waals surface area contributed by atoms with Crippen LogP contribution in [0.15, 0.2) is 60.1 Å². The monoisotopic (exact) mass is 403 g/mol. The van der Waals surface area contributed by atoms with Crippen molar-refractivity contribution in [2.75, 3.05) is 10.6 Å². The number of anilines is 2. The van der Waals surface area contributed by atoms with E-state index in [0.717, 1.165) is 22.4 Å². The summed E-state index contributed by atoms with van der Waals surface area (Å²) in [6.45, 7) is 5.76. The molecular formula is C22H21N5O3. The molecule has 1 aliphatic rings. The number of hydrogen-bond acceptors (Lipinski definition) is 5. The lowest BCUT2D eigenvalue weighted by Gasteiger charge is -2.29. The van der Waals surface area contributed by atoms with Crippen LogP contribution in [0.25, 0.3) is 0 Å². The third kappa shape index (κ3) is 3.43. The quantitative estimate of drug-likeness (QED) is 0.615. The second kappa shape index (κ2) is 7.47. The molecule has 1 aromatic heterocycles. The average molecular weight is 403 g/mol. The van der Waals surface area contributed by atoms with Gasteiger partial charge in [-0.15, -0.1) is 0 Å². The zero-order chi connectivity index (χ0) is 21.4. The molecule has 8 heteroatoms. The summed E-state index contributed by atoms with van der Waals surface area (Å²) in [4.78, 5) is 28.8. The lowest BCUT2D eigenvalue weighted by molar-refractivity contribution is -0.113. The van der Waals surface area contributed by atoms with Crippen molar-refractivity contribution >= 4 is 23.5 Å². The minimum absolute atomic E-state index is 0.175. The predicted octanol–water partition coefficient (Wildman–Crippen LogP) is 3.52. The van der Waals surface area contributed by atoms with Crippen LogP contribution in [0.1, 0.15) is 40.0 Å². The van der Waals surface area contributed by atoms with Gasteiger partial charge in [-0.25, -0.2) is 9.48 Å². The normalized spacial score (nSPS) is 15.4. The lowest BCUT2D eigenvalue weighted by Crippen LogP contribution is -2.31. The van der Waals surface area contributed by atoms with Gasteiger partial charge in [-0.1, -0.05) is 29.8 Å². The summed E-state index contributed by atoms with van der Waals surface area (Å²) in [6.07, 6.45) is 1.42. The van der Waals surface area contributed by atoms with Gasteiger partial charge >= 0.3 is 5.97 Å². The number of hydrogen-bond donors (Lipinski definition) is 3.